The monoisotopic (exact) mass is 335 g/mol. The summed E-state index contributed by atoms with van der Waals surface area (Å²) in [5.74, 6) is -0.192. The minimum atomic E-state index is -0.397. The number of anilines is 1. The van der Waals surface area contributed by atoms with Crippen LogP contribution in [-0.2, 0) is 11.3 Å². The van der Waals surface area contributed by atoms with Gasteiger partial charge in [-0.15, -0.1) is 0 Å². The minimum Gasteiger partial charge on any atom is -0.508 e. The highest BCUT2D eigenvalue weighted by Crippen LogP contribution is 2.24. The Hall–Kier alpha value is -2.01. The number of phenols is 1. The van der Waals surface area contributed by atoms with Gasteiger partial charge in [-0.05, 0) is 30.3 Å². The number of carbonyl (C=O) groups is 1. The van der Waals surface area contributed by atoms with Crippen molar-refractivity contribution in [3.8, 4) is 5.75 Å². The SMILES string of the molecule is COC(=O)c1ccccc1NCc1cc(Br)ccc1O. The number of benzene rings is 2. The van der Waals surface area contributed by atoms with Crippen LogP contribution in [0.25, 0.3) is 0 Å². The van der Waals surface area contributed by atoms with E-state index < -0.39 is 5.97 Å². The van der Waals surface area contributed by atoms with Crippen LogP contribution >= 0.6 is 15.9 Å². The van der Waals surface area contributed by atoms with Crippen LogP contribution in [0.2, 0.25) is 0 Å². The Morgan fingerprint density at radius 1 is 1.30 bits per heavy atom. The van der Waals surface area contributed by atoms with Crippen LogP contribution in [0.4, 0.5) is 5.69 Å². The second-order valence-corrected chi connectivity index (χ2v) is 5.08. The van der Waals surface area contributed by atoms with E-state index in [1.165, 1.54) is 7.11 Å². The molecule has 0 aliphatic rings. The second kappa shape index (κ2) is 6.43. The lowest BCUT2D eigenvalue weighted by Crippen LogP contribution is -2.08. The van der Waals surface area contributed by atoms with Gasteiger partial charge < -0.3 is 15.2 Å². The Kier molecular flexibility index (Phi) is 4.63. The Morgan fingerprint density at radius 3 is 2.80 bits per heavy atom. The molecule has 0 saturated heterocycles. The van der Waals surface area contributed by atoms with Crippen LogP contribution in [0.15, 0.2) is 46.9 Å². The van der Waals surface area contributed by atoms with Gasteiger partial charge >= 0.3 is 5.97 Å². The second-order valence-electron chi connectivity index (χ2n) is 4.16. The number of halogens is 1. The van der Waals surface area contributed by atoms with Crippen molar-refractivity contribution in [1.29, 1.82) is 0 Å². The smallest absolute Gasteiger partial charge is 0.339 e. The maximum Gasteiger partial charge on any atom is 0.339 e. The average molecular weight is 336 g/mol. The summed E-state index contributed by atoms with van der Waals surface area (Å²) in [6.45, 7) is 0.402. The van der Waals surface area contributed by atoms with Crippen molar-refractivity contribution in [1.82, 2.24) is 0 Å². The molecule has 104 valence electrons. The third-order valence-corrected chi connectivity index (χ3v) is 3.34. The molecule has 0 amide bonds. The van der Waals surface area contributed by atoms with Crippen LogP contribution in [0, 0.1) is 0 Å². The zero-order valence-corrected chi connectivity index (χ0v) is 12.5. The number of aromatic hydroxyl groups is 1. The fourth-order valence-electron chi connectivity index (χ4n) is 1.81. The van der Waals surface area contributed by atoms with E-state index in [0.717, 1.165) is 10.0 Å². The molecule has 2 N–H and O–H groups in total. The fourth-order valence-corrected chi connectivity index (χ4v) is 2.22. The highest BCUT2D eigenvalue weighted by Gasteiger charge is 2.11. The number of hydrogen-bond donors (Lipinski definition) is 2. The van der Waals surface area contributed by atoms with E-state index in [9.17, 15) is 9.90 Å². The number of rotatable bonds is 4. The van der Waals surface area contributed by atoms with Crippen LogP contribution in [-0.4, -0.2) is 18.2 Å². The normalized spacial score (nSPS) is 10.1. The Balaban J connectivity index is 2.19. The summed E-state index contributed by atoms with van der Waals surface area (Å²) in [5.41, 5.74) is 1.86. The fraction of sp³-hybridized carbons (Fsp3) is 0.133. The third-order valence-electron chi connectivity index (χ3n) is 2.84. The molecule has 0 radical (unpaired) electrons. The maximum atomic E-state index is 11.6. The first-order valence-electron chi connectivity index (χ1n) is 6.00. The standard InChI is InChI=1S/C15H14BrNO3/c1-20-15(19)12-4-2-3-5-13(12)17-9-10-8-11(16)6-7-14(10)18/h2-8,17-18H,9H2,1H3. The van der Waals surface area contributed by atoms with E-state index in [4.69, 9.17) is 4.74 Å². The van der Waals surface area contributed by atoms with Gasteiger partial charge in [-0.3, -0.25) is 0 Å². The number of phenolic OH excluding ortho intramolecular Hbond substituents is 1. The summed E-state index contributed by atoms with van der Waals surface area (Å²) < 4.78 is 5.62. The number of carbonyl (C=O) groups excluding carboxylic acids is 1. The number of methoxy groups -OCH3 is 1. The molecule has 2 rings (SSSR count). The molecule has 0 unspecified atom stereocenters. The molecule has 0 aromatic heterocycles. The van der Waals surface area contributed by atoms with Crippen molar-refractivity contribution in [2.75, 3.05) is 12.4 Å². The molecular weight excluding hydrogens is 322 g/mol. The molecule has 0 atom stereocenters. The quantitative estimate of drug-likeness (QED) is 0.839. The molecule has 0 heterocycles. The van der Waals surface area contributed by atoms with E-state index in [0.29, 0.717) is 17.8 Å². The Labute approximate surface area is 125 Å². The molecular formula is C15H14BrNO3. The average Bonchev–Trinajstić information content (AvgIpc) is 2.47. The van der Waals surface area contributed by atoms with Crippen molar-refractivity contribution >= 4 is 27.6 Å². The zero-order valence-electron chi connectivity index (χ0n) is 10.9. The molecule has 0 aliphatic heterocycles. The van der Waals surface area contributed by atoms with Crippen LogP contribution < -0.4 is 5.32 Å². The largest absolute Gasteiger partial charge is 0.508 e. The van der Waals surface area contributed by atoms with Gasteiger partial charge in [0.15, 0.2) is 0 Å². The predicted octanol–water partition coefficient (Wildman–Crippen LogP) is 3.55. The minimum absolute atomic E-state index is 0.205. The van der Waals surface area contributed by atoms with Gasteiger partial charge in [0.05, 0.1) is 12.7 Å². The zero-order chi connectivity index (χ0) is 14.5. The van der Waals surface area contributed by atoms with Crippen LogP contribution in [0.3, 0.4) is 0 Å². The number of nitrogens with one attached hydrogen (secondary N) is 1. The van der Waals surface area contributed by atoms with E-state index >= 15 is 0 Å². The lowest BCUT2D eigenvalue weighted by atomic mass is 10.1. The molecule has 4 nitrogen and oxygen atoms in total. The first kappa shape index (κ1) is 14.4. The van der Waals surface area contributed by atoms with Crippen molar-refractivity contribution in [2.24, 2.45) is 0 Å². The van der Waals surface area contributed by atoms with Gasteiger partial charge in [0.1, 0.15) is 5.75 Å². The molecule has 0 aliphatic carbocycles. The van der Waals surface area contributed by atoms with Crippen LogP contribution in [0.5, 0.6) is 5.75 Å². The first-order chi connectivity index (χ1) is 9.61. The summed E-state index contributed by atoms with van der Waals surface area (Å²) in [5, 5.41) is 12.9. The summed E-state index contributed by atoms with van der Waals surface area (Å²) in [6, 6.07) is 12.3. The Bertz CT molecular complexity index is 628. The lowest BCUT2D eigenvalue weighted by Gasteiger charge is -2.11. The first-order valence-corrected chi connectivity index (χ1v) is 6.79. The summed E-state index contributed by atoms with van der Waals surface area (Å²) in [4.78, 5) is 11.6. The van der Waals surface area contributed by atoms with Gasteiger partial charge in [0, 0.05) is 22.3 Å². The highest BCUT2D eigenvalue weighted by atomic mass is 79.9. The van der Waals surface area contributed by atoms with E-state index in [1.54, 1.807) is 30.3 Å². The summed E-state index contributed by atoms with van der Waals surface area (Å²) in [6.07, 6.45) is 0. The van der Waals surface area contributed by atoms with Crippen LogP contribution in [0.1, 0.15) is 15.9 Å². The van der Waals surface area contributed by atoms with Gasteiger partial charge in [-0.25, -0.2) is 4.79 Å². The number of hydrogen-bond acceptors (Lipinski definition) is 4. The molecule has 2 aromatic rings. The van der Waals surface area contributed by atoms with Gasteiger partial charge in [-0.2, -0.15) is 0 Å². The van der Waals surface area contributed by atoms with Crippen molar-refractivity contribution in [2.45, 2.75) is 6.54 Å². The van der Waals surface area contributed by atoms with Crippen molar-refractivity contribution < 1.29 is 14.6 Å². The Morgan fingerprint density at radius 2 is 2.05 bits per heavy atom. The number of esters is 1. The molecule has 0 bridgehead atoms. The van der Waals surface area contributed by atoms with Gasteiger partial charge in [0.25, 0.3) is 0 Å². The predicted molar refractivity (Wildman–Crippen MR) is 80.9 cm³/mol. The molecule has 0 saturated carbocycles. The number of ether oxygens (including phenoxy) is 1. The van der Waals surface area contributed by atoms with Gasteiger partial charge in [-0.1, -0.05) is 28.1 Å². The summed E-state index contributed by atoms with van der Waals surface area (Å²) >= 11 is 3.36. The van der Waals surface area contributed by atoms with Crippen molar-refractivity contribution in [3.63, 3.8) is 0 Å². The molecule has 20 heavy (non-hydrogen) atoms. The highest BCUT2D eigenvalue weighted by molar-refractivity contribution is 9.10. The molecule has 2 aromatic carbocycles. The van der Waals surface area contributed by atoms with E-state index in [-0.39, 0.29) is 5.75 Å². The third kappa shape index (κ3) is 3.30. The van der Waals surface area contributed by atoms with Crippen molar-refractivity contribution in [3.05, 3.63) is 58.1 Å². The maximum absolute atomic E-state index is 11.6. The molecule has 5 heteroatoms. The van der Waals surface area contributed by atoms with E-state index in [2.05, 4.69) is 21.2 Å². The lowest BCUT2D eigenvalue weighted by molar-refractivity contribution is 0.0602. The molecule has 0 spiro atoms. The topological polar surface area (TPSA) is 58.6 Å². The molecule has 0 fully saturated rings. The van der Waals surface area contributed by atoms with Gasteiger partial charge in [0.2, 0.25) is 0 Å². The number of para-hydroxylation sites is 1. The summed E-state index contributed by atoms with van der Waals surface area (Å²) in [7, 11) is 1.35. The van der Waals surface area contributed by atoms with E-state index in [1.807, 2.05) is 12.1 Å².